The Labute approximate surface area is 208 Å². The number of aryl methyl sites for hydroxylation is 2. The van der Waals surface area contributed by atoms with E-state index in [0.29, 0.717) is 60.8 Å². The second-order valence-corrected chi connectivity index (χ2v) is 8.39. The zero-order chi connectivity index (χ0) is 24.8. The molecule has 1 N–H and O–H groups in total. The highest BCUT2D eigenvalue weighted by Gasteiger charge is 2.16. The van der Waals surface area contributed by atoms with Gasteiger partial charge in [0.25, 0.3) is 0 Å². The van der Waals surface area contributed by atoms with Crippen LogP contribution in [0.25, 0.3) is 6.08 Å². The van der Waals surface area contributed by atoms with E-state index in [1.54, 1.807) is 19.3 Å². The van der Waals surface area contributed by atoms with Crippen molar-refractivity contribution in [2.24, 2.45) is 0 Å². The van der Waals surface area contributed by atoms with E-state index < -0.39 is 0 Å². The average Bonchev–Trinajstić information content (AvgIpc) is 3.18. The van der Waals surface area contributed by atoms with E-state index in [1.807, 2.05) is 38.1 Å². The Morgan fingerprint density at radius 3 is 2.77 bits per heavy atom. The number of fused-ring (bicyclic) bond motifs is 1. The number of halogens is 1. The van der Waals surface area contributed by atoms with Crippen molar-refractivity contribution in [2.45, 2.75) is 26.9 Å². The van der Waals surface area contributed by atoms with Crippen molar-refractivity contribution in [1.82, 2.24) is 10.5 Å². The molecule has 2 aromatic carbocycles. The maximum atomic E-state index is 12.3. The molecule has 8 nitrogen and oxygen atoms in total. The zero-order valence-electron chi connectivity index (χ0n) is 19.9. The van der Waals surface area contributed by atoms with E-state index in [1.165, 1.54) is 6.08 Å². The molecule has 184 valence electrons. The fraction of sp³-hybridized carbons (Fsp3) is 0.308. The smallest absolute Gasteiger partial charge is 0.244 e. The summed E-state index contributed by atoms with van der Waals surface area (Å²) in [6.45, 7) is 5.48. The summed E-state index contributed by atoms with van der Waals surface area (Å²) in [7, 11) is 1.57. The molecule has 1 aliphatic heterocycles. The van der Waals surface area contributed by atoms with Gasteiger partial charge in [-0.05, 0) is 61.7 Å². The van der Waals surface area contributed by atoms with Gasteiger partial charge < -0.3 is 28.8 Å². The minimum atomic E-state index is -0.202. The normalized spacial score (nSPS) is 12.6. The number of rotatable bonds is 9. The van der Waals surface area contributed by atoms with E-state index in [-0.39, 0.29) is 5.91 Å². The first kappa shape index (κ1) is 24.5. The Balaban J connectivity index is 1.30. The van der Waals surface area contributed by atoms with Crippen molar-refractivity contribution in [3.8, 4) is 23.0 Å². The predicted molar refractivity (Wildman–Crippen MR) is 131 cm³/mol. The van der Waals surface area contributed by atoms with Crippen LogP contribution in [0.2, 0.25) is 5.02 Å². The van der Waals surface area contributed by atoms with Crippen LogP contribution in [0, 0.1) is 13.8 Å². The Kier molecular flexibility index (Phi) is 7.82. The summed E-state index contributed by atoms with van der Waals surface area (Å²) in [5, 5.41) is 7.32. The maximum Gasteiger partial charge on any atom is 0.244 e. The largest absolute Gasteiger partial charge is 0.493 e. The number of carbonyl (C=O) groups is 1. The van der Waals surface area contributed by atoms with Gasteiger partial charge in [0.05, 0.1) is 23.4 Å². The molecule has 2 heterocycles. The third-order valence-electron chi connectivity index (χ3n) is 5.54. The lowest BCUT2D eigenvalue weighted by molar-refractivity contribution is -0.116. The van der Waals surface area contributed by atoms with Crippen LogP contribution in [0.3, 0.4) is 0 Å². The molecule has 0 aliphatic carbocycles. The van der Waals surface area contributed by atoms with Crippen LogP contribution in [0.15, 0.2) is 40.9 Å². The summed E-state index contributed by atoms with van der Waals surface area (Å²) < 4.78 is 27.7. The lowest BCUT2D eigenvalue weighted by Gasteiger charge is -2.20. The molecule has 9 heteroatoms. The van der Waals surface area contributed by atoms with Gasteiger partial charge in [-0.1, -0.05) is 22.8 Å². The van der Waals surface area contributed by atoms with Crippen molar-refractivity contribution < 1.29 is 28.3 Å². The molecule has 1 aromatic heterocycles. The lowest BCUT2D eigenvalue weighted by atomic mass is 10.1. The van der Waals surface area contributed by atoms with Gasteiger partial charge in [0, 0.05) is 12.6 Å². The van der Waals surface area contributed by atoms with Crippen molar-refractivity contribution in [2.75, 3.05) is 26.9 Å². The number of carbonyl (C=O) groups excluding carboxylic acids is 1. The number of hydrogen-bond donors (Lipinski definition) is 1. The van der Waals surface area contributed by atoms with Crippen LogP contribution in [0.1, 0.15) is 28.1 Å². The number of ether oxygens (including phenoxy) is 4. The van der Waals surface area contributed by atoms with Gasteiger partial charge >= 0.3 is 0 Å². The molecule has 4 rings (SSSR count). The zero-order valence-corrected chi connectivity index (χ0v) is 20.6. The SMILES string of the molecule is COc1cc(/C=C/C(=O)NCCc2cc(Cl)c3c(c2)OCCO3)ccc1OCc1c(C)noc1C. The lowest BCUT2D eigenvalue weighted by Crippen LogP contribution is -2.23. The minimum absolute atomic E-state index is 0.202. The fourth-order valence-electron chi connectivity index (χ4n) is 3.63. The summed E-state index contributed by atoms with van der Waals surface area (Å²) in [6, 6.07) is 9.19. The van der Waals surface area contributed by atoms with Gasteiger partial charge in [-0.15, -0.1) is 0 Å². The van der Waals surface area contributed by atoms with E-state index in [0.717, 1.165) is 28.1 Å². The predicted octanol–water partition coefficient (Wildman–Crippen LogP) is 4.68. The molecular formula is C26H27ClN2O6. The van der Waals surface area contributed by atoms with Crippen LogP contribution in [0.4, 0.5) is 0 Å². The first-order valence-corrected chi connectivity index (χ1v) is 11.6. The highest BCUT2D eigenvalue weighted by molar-refractivity contribution is 6.32. The average molecular weight is 499 g/mol. The van der Waals surface area contributed by atoms with Crippen LogP contribution < -0.4 is 24.3 Å². The molecule has 3 aromatic rings. The van der Waals surface area contributed by atoms with Crippen molar-refractivity contribution in [3.63, 3.8) is 0 Å². The number of nitrogens with one attached hydrogen (secondary N) is 1. The summed E-state index contributed by atoms with van der Waals surface area (Å²) in [4.78, 5) is 12.3. The molecule has 0 bridgehead atoms. The summed E-state index contributed by atoms with van der Waals surface area (Å²) in [6.07, 6.45) is 3.81. The number of hydrogen-bond acceptors (Lipinski definition) is 7. The van der Waals surface area contributed by atoms with Crippen molar-refractivity contribution >= 4 is 23.6 Å². The first-order valence-electron chi connectivity index (χ1n) is 11.2. The van der Waals surface area contributed by atoms with E-state index in [9.17, 15) is 4.79 Å². The van der Waals surface area contributed by atoms with Gasteiger partial charge in [-0.2, -0.15) is 0 Å². The molecule has 0 fully saturated rings. The quantitative estimate of drug-likeness (QED) is 0.428. The first-order chi connectivity index (χ1) is 16.9. The summed E-state index contributed by atoms with van der Waals surface area (Å²) in [5.41, 5.74) is 3.47. The molecule has 35 heavy (non-hydrogen) atoms. The van der Waals surface area contributed by atoms with E-state index in [4.69, 9.17) is 35.1 Å². The third kappa shape index (κ3) is 6.08. The topological polar surface area (TPSA) is 92.1 Å². The van der Waals surface area contributed by atoms with E-state index >= 15 is 0 Å². The molecular weight excluding hydrogens is 472 g/mol. The Morgan fingerprint density at radius 2 is 2.00 bits per heavy atom. The summed E-state index contributed by atoms with van der Waals surface area (Å²) >= 11 is 6.27. The van der Waals surface area contributed by atoms with Gasteiger partial charge in [-0.3, -0.25) is 4.79 Å². The van der Waals surface area contributed by atoms with Crippen LogP contribution in [0.5, 0.6) is 23.0 Å². The van der Waals surface area contributed by atoms with Gasteiger partial charge in [0.2, 0.25) is 5.91 Å². The van der Waals surface area contributed by atoms with Crippen LogP contribution in [-0.2, 0) is 17.8 Å². The van der Waals surface area contributed by atoms with Crippen LogP contribution >= 0.6 is 11.6 Å². The molecule has 1 aliphatic rings. The number of aromatic nitrogens is 1. The molecule has 0 atom stereocenters. The Bertz CT molecular complexity index is 1220. The highest BCUT2D eigenvalue weighted by atomic mass is 35.5. The van der Waals surface area contributed by atoms with Crippen molar-refractivity contribution in [1.29, 1.82) is 0 Å². The fourth-order valence-corrected chi connectivity index (χ4v) is 3.92. The molecule has 0 saturated carbocycles. The monoisotopic (exact) mass is 498 g/mol. The number of nitrogens with zero attached hydrogens (tertiary/aromatic N) is 1. The molecule has 0 unspecified atom stereocenters. The molecule has 0 saturated heterocycles. The Morgan fingerprint density at radius 1 is 1.17 bits per heavy atom. The Hall–Kier alpha value is -3.65. The van der Waals surface area contributed by atoms with Crippen molar-refractivity contribution in [3.05, 3.63) is 69.6 Å². The molecule has 0 radical (unpaired) electrons. The number of benzene rings is 2. The summed E-state index contributed by atoms with van der Waals surface area (Å²) in [5.74, 6) is 2.89. The van der Waals surface area contributed by atoms with Crippen LogP contribution in [-0.4, -0.2) is 37.9 Å². The second-order valence-electron chi connectivity index (χ2n) is 7.98. The third-order valence-corrected chi connectivity index (χ3v) is 5.82. The number of amides is 1. The van der Waals surface area contributed by atoms with Gasteiger partial charge in [0.1, 0.15) is 25.6 Å². The second kappa shape index (κ2) is 11.2. The standard InChI is InChI=1S/C26H27ClN2O6/c1-16-20(17(2)35-29-16)15-34-22-6-4-18(13-23(22)31-3)5-7-25(30)28-9-8-19-12-21(27)26-24(14-19)32-10-11-33-26/h4-7,12-14H,8-11,15H2,1-3H3,(H,28,30)/b7-5+. The highest BCUT2D eigenvalue weighted by Crippen LogP contribution is 2.38. The molecule has 1 amide bonds. The van der Waals surface area contributed by atoms with E-state index in [2.05, 4.69) is 10.5 Å². The van der Waals surface area contributed by atoms with Gasteiger partial charge in [0.15, 0.2) is 23.0 Å². The van der Waals surface area contributed by atoms with Gasteiger partial charge in [-0.25, -0.2) is 0 Å². The number of methoxy groups -OCH3 is 1. The molecule has 0 spiro atoms. The minimum Gasteiger partial charge on any atom is -0.493 e. The maximum absolute atomic E-state index is 12.3.